The van der Waals surface area contributed by atoms with Gasteiger partial charge in [0.1, 0.15) is 0 Å². The largest absolute Gasteiger partial charge is 0.504 e. The van der Waals surface area contributed by atoms with Gasteiger partial charge in [-0.2, -0.15) is 0 Å². The third kappa shape index (κ3) is 3.30. The molecule has 106 valence electrons. The van der Waals surface area contributed by atoms with Crippen LogP contribution < -0.4 is 5.32 Å². The van der Waals surface area contributed by atoms with Crippen molar-refractivity contribution in [3.63, 3.8) is 0 Å². The Bertz CT molecular complexity index is 459. The number of hydrogen-bond acceptors (Lipinski definition) is 5. The number of phenols is 3. The standard InChI is InChI=1S/C14H21NO4/c1-14(2)7-10(5-6-19-14)15-8-9-3-4-11(16)13(18)12(9)17/h3-4,10,15-18H,5-8H2,1-2H3. The molecule has 1 aliphatic rings. The Labute approximate surface area is 112 Å². The zero-order chi connectivity index (χ0) is 14.0. The minimum Gasteiger partial charge on any atom is -0.504 e. The topological polar surface area (TPSA) is 82.0 Å². The first-order valence-electron chi connectivity index (χ1n) is 6.49. The molecular weight excluding hydrogens is 246 g/mol. The summed E-state index contributed by atoms with van der Waals surface area (Å²) in [7, 11) is 0. The molecule has 1 heterocycles. The highest BCUT2D eigenvalue weighted by atomic mass is 16.5. The predicted octanol–water partition coefficient (Wildman–Crippen LogP) is 1.85. The second kappa shape index (κ2) is 5.27. The van der Waals surface area contributed by atoms with E-state index in [4.69, 9.17) is 4.74 Å². The smallest absolute Gasteiger partial charge is 0.200 e. The molecule has 0 aromatic heterocycles. The molecule has 5 nitrogen and oxygen atoms in total. The predicted molar refractivity (Wildman–Crippen MR) is 71.3 cm³/mol. The van der Waals surface area contributed by atoms with Crippen LogP contribution in [0.15, 0.2) is 12.1 Å². The lowest BCUT2D eigenvalue weighted by Gasteiger charge is -2.36. The highest BCUT2D eigenvalue weighted by molar-refractivity contribution is 5.53. The van der Waals surface area contributed by atoms with E-state index in [9.17, 15) is 15.3 Å². The molecule has 5 heteroatoms. The molecule has 1 unspecified atom stereocenters. The van der Waals surface area contributed by atoms with E-state index in [0.717, 1.165) is 19.4 Å². The fourth-order valence-electron chi connectivity index (χ4n) is 2.41. The van der Waals surface area contributed by atoms with Crippen LogP contribution in [0.2, 0.25) is 0 Å². The number of aromatic hydroxyl groups is 3. The SMILES string of the molecule is CC1(C)CC(NCc2ccc(O)c(O)c2O)CCO1. The van der Waals surface area contributed by atoms with Crippen LogP contribution in [-0.2, 0) is 11.3 Å². The van der Waals surface area contributed by atoms with Gasteiger partial charge in [0, 0.05) is 24.8 Å². The average Bonchev–Trinajstić information content (AvgIpc) is 2.34. The second-order valence-electron chi connectivity index (χ2n) is 5.62. The van der Waals surface area contributed by atoms with Gasteiger partial charge in [0.05, 0.1) is 5.60 Å². The molecule has 2 rings (SSSR count). The van der Waals surface area contributed by atoms with Gasteiger partial charge in [0.25, 0.3) is 0 Å². The summed E-state index contributed by atoms with van der Waals surface area (Å²) >= 11 is 0. The summed E-state index contributed by atoms with van der Waals surface area (Å²) in [5, 5.41) is 31.8. The van der Waals surface area contributed by atoms with Crippen molar-refractivity contribution in [3.05, 3.63) is 17.7 Å². The first kappa shape index (κ1) is 14.0. The van der Waals surface area contributed by atoms with Crippen molar-refractivity contribution in [2.24, 2.45) is 0 Å². The lowest BCUT2D eigenvalue weighted by Crippen LogP contribution is -2.43. The average molecular weight is 267 g/mol. The van der Waals surface area contributed by atoms with Crippen LogP contribution in [0.5, 0.6) is 17.2 Å². The Kier molecular flexibility index (Phi) is 3.87. The van der Waals surface area contributed by atoms with Gasteiger partial charge in [-0.25, -0.2) is 0 Å². The first-order valence-corrected chi connectivity index (χ1v) is 6.49. The van der Waals surface area contributed by atoms with Crippen LogP contribution >= 0.6 is 0 Å². The van der Waals surface area contributed by atoms with Crippen LogP contribution in [0.25, 0.3) is 0 Å². The van der Waals surface area contributed by atoms with E-state index >= 15 is 0 Å². The number of rotatable bonds is 3. The Morgan fingerprint density at radius 2 is 2.00 bits per heavy atom. The summed E-state index contributed by atoms with van der Waals surface area (Å²) in [5.74, 6) is -1.04. The summed E-state index contributed by atoms with van der Waals surface area (Å²) in [6.07, 6.45) is 1.83. The van der Waals surface area contributed by atoms with Gasteiger partial charge in [-0.15, -0.1) is 0 Å². The molecule has 1 saturated heterocycles. The molecule has 0 saturated carbocycles. The van der Waals surface area contributed by atoms with Gasteiger partial charge in [-0.05, 0) is 32.8 Å². The van der Waals surface area contributed by atoms with E-state index < -0.39 is 5.75 Å². The maximum atomic E-state index is 9.74. The monoisotopic (exact) mass is 267 g/mol. The molecule has 1 fully saturated rings. The molecule has 1 atom stereocenters. The highest BCUT2D eigenvalue weighted by Gasteiger charge is 2.28. The normalized spacial score (nSPS) is 22.3. The number of phenolic OH excluding ortho intramolecular Hbond substituents is 3. The number of ether oxygens (including phenoxy) is 1. The fraction of sp³-hybridized carbons (Fsp3) is 0.571. The van der Waals surface area contributed by atoms with Gasteiger partial charge >= 0.3 is 0 Å². The van der Waals surface area contributed by atoms with E-state index in [1.54, 1.807) is 6.07 Å². The maximum absolute atomic E-state index is 9.74. The van der Waals surface area contributed by atoms with Crippen molar-refractivity contribution in [2.75, 3.05) is 6.61 Å². The highest BCUT2D eigenvalue weighted by Crippen LogP contribution is 2.37. The van der Waals surface area contributed by atoms with Gasteiger partial charge in [-0.3, -0.25) is 0 Å². The van der Waals surface area contributed by atoms with Gasteiger partial charge in [0.15, 0.2) is 11.5 Å². The molecule has 1 aliphatic heterocycles. The van der Waals surface area contributed by atoms with E-state index in [-0.39, 0.29) is 17.1 Å². The van der Waals surface area contributed by atoms with E-state index in [2.05, 4.69) is 19.2 Å². The molecule has 0 bridgehead atoms. The third-order valence-corrected chi connectivity index (χ3v) is 3.49. The minimum atomic E-state index is -0.466. The zero-order valence-electron chi connectivity index (χ0n) is 11.3. The number of hydrogen-bond donors (Lipinski definition) is 4. The molecule has 0 radical (unpaired) electrons. The summed E-state index contributed by atoms with van der Waals surface area (Å²) in [4.78, 5) is 0. The van der Waals surface area contributed by atoms with Crippen LogP contribution in [0, 0.1) is 0 Å². The molecular formula is C14H21NO4. The molecule has 0 spiro atoms. The van der Waals surface area contributed by atoms with Gasteiger partial charge in [-0.1, -0.05) is 6.07 Å². The molecule has 19 heavy (non-hydrogen) atoms. The van der Waals surface area contributed by atoms with Crippen molar-refractivity contribution >= 4 is 0 Å². The fourth-order valence-corrected chi connectivity index (χ4v) is 2.41. The first-order chi connectivity index (χ1) is 8.89. The zero-order valence-corrected chi connectivity index (χ0v) is 11.3. The Morgan fingerprint density at radius 1 is 1.26 bits per heavy atom. The second-order valence-corrected chi connectivity index (χ2v) is 5.62. The van der Waals surface area contributed by atoms with Crippen molar-refractivity contribution in [1.29, 1.82) is 0 Å². The molecule has 0 aliphatic carbocycles. The molecule has 1 aromatic rings. The maximum Gasteiger partial charge on any atom is 0.200 e. The summed E-state index contributed by atoms with van der Waals surface area (Å²) in [5.41, 5.74) is 0.439. The minimum absolute atomic E-state index is 0.130. The summed E-state index contributed by atoms with van der Waals surface area (Å²) in [6.45, 7) is 5.29. The lowest BCUT2D eigenvalue weighted by atomic mass is 9.94. The van der Waals surface area contributed by atoms with E-state index in [0.29, 0.717) is 18.2 Å². The molecule has 0 amide bonds. The Morgan fingerprint density at radius 3 is 2.68 bits per heavy atom. The van der Waals surface area contributed by atoms with Crippen molar-refractivity contribution in [3.8, 4) is 17.2 Å². The number of nitrogens with one attached hydrogen (secondary N) is 1. The van der Waals surface area contributed by atoms with Crippen LogP contribution in [-0.4, -0.2) is 33.6 Å². The van der Waals surface area contributed by atoms with Gasteiger partial charge in [0.2, 0.25) is 5.75 Å². The van der Waals surface area contributed by atoms with Crippen LogP contribution in [0.3, 0.4) is 0 Å². The lowest BCUT2D eigenvalue weighted by molar-refractivity contribution is -0.0630. The molecule has 1 aromatic carbocycles. The van der Waals surface area contributed by atoms with Crippen molar-refractivity contribution in [2.45, 2.75) is 44.9 Å². The van der Waals surface area contributed by atoms with E-state index in [1.807, 2.05) is 0 Å². The van der Waals surface area contributed by atoms with Crippen LogP contribution in [0.4, 0.5) is 0 Å². The molecule has 4 N–H and O–H groups in total. The quantitative estimate of drug-likeness (QED) is 0.628. The summed E-state index contributed by atoms with van der Waals surface area (Å²) in [6, 6.07) is 3.29. The summed E-state index contributed by atoms with van der Waals surface area (Å²) < 4.78 is 5.64. The van der Waals surface area contributed by atoms with Crippen molar-refractivity contribution in [1.82, 2.24) is 5.32 Å². The van der Waals surface area contributed by atoms with Crippen LogP contribution in [0.1, 0.15) is 32.3 Å². The van der Waals surface area contributed by atoms with Crippen molar-refractivity contribution < 1.29 is 20.1 Å². The van der Waals surface area contributed by atoms with E-state index in [1.165, 1.54) is 6.07 Å². The Balaban J connectivity index is 1.97. The van der Waals surface area contributed by atoms with Gasteiger partial charge < -0.3 is 25.4 Å². The number of benzene rings is 1. The third-order valence-electron chi connectivity index (χ3n) is 3.49. The Hall–Kier alpha value is -1.46.